The van der Waals surface area contributed by atoms with E-state index in [9.17, 15) is 4.39 Å². The highest BCUT2D eigenvalue weighted by Gasteiger charge is 1.95. The van der Waals surface area contributed by atoms with E-state index < -0.39 is 6.17 Å². The Kier molecular flexibility index (Phi) is 6.93. The molecule has 2 heteroatoms. The lowest BCUT2D eigenvalue weighted by atomic mass is 10.3. The summed E-state index contributed by atoms with van der Waals surface area (Å²) in [5.41, 5.74) is 0. The van der Waals surface area contributed by atoms with Crippen molar-refractivity contribution in [3.63, 3.8) is 0 Å². The minimum absolute atomic E-state index is 0.531. The van der Waals surface area contributed by atoms with E-state index in [0.717, 1.165) is 19.4 Å². The van der Waals surface area contributed by atoms with Crippen molar-refractivity contribution in [3.05, 3.63) is 0 Å². The quantitative estimate of drug-likeness (QED) is 0.526. The highest BCUT2D eigenvalue weighted by molar-refractivity contribution is 4.44. The molecule has 0 bridgehead atoms. The molecule has 0 rings (SSSR count). The molecule has 0 aromatic heterocycles. The summed E-state index contributed by atoms with van der Waals surface area (Å²) < 4.78 is 17.3. The summed E-state index contributed by atoms with van der Waals surface area (Å²) in [5.74, 6) is 0. The van der Waals surface area contributed by atoms with Crippen molar-refractivity contribution in [3.8, 4) is 0 Å². The molecular weight excluding hydrogens is 131 g/mol. The molecule has 1 unspecified atom stereocenters. The molecule has 0 saturated heterocycles. The van der Waals surface area contributed by atoms with Crippen LogP contribution in [0, 0.1) is 0 Å². The topological polar surface area (TPSA) is 9.23 Å². The van der Waals surface area contributed by atoms with Crippen molar-refractivity contribution in [2.75, 3.05) is 13.2 Å². The van der Waals surface area contributed by atoms with Gasteiger partial charge in [-0.1, -0.05) is 13.3 Å². The Morgan fingerprint density at radius 2 is 2.10 bits per heavy atom. The maximum atomic E-state index is 12.1. The Balaban J connectivity index is 2.77. The molecule has 0 fully saturated rings. The SMILES string of the molecule is CCCCOCCC(C)F. The van der Waals surface area contributed by atoms with Gasteiger partial charge in [-0.15, -0.1) is 0 Å². The lowest BCUT2D eigenvalue weighted by Crippen LogP contribution is -2.02. The zero-order valence-corrected chi connectivity index (χ0v) is 6.90. The number of unbranched alkanes of at least 4 members (excludes halogenated alkanes) is 1. The van der Waals surface area contributed by atoms with Crippen LogP contribution >= 0.6 is 0 Å². The fourth-order valence-electron chi connectivity index (χ4n) is 0.594. The second kappa shape index (κ2) is 7.00. The van der Waals surface area contributed by atoms with Gasteiger partial charge in [0.2, 0.25) is 0 Å². The number of rotatable bonds is 6. The van der Waals surface area contributed by atoms with Crippen LogP contribution in [0.2, 0.25) is 0 Å². The Bertz CT molecular complexity index is 64.3. The molecule has 0 aliphatic rings. The Morgan fingerprint density at radius 1 is 1.40 bits per heavy atom. The van der Waals surface area contributed by atoms with E-state index in [0.29, 0.717) is 13.0 Å². The molecule has 0 aromatic rings. The van der Waals surface area contributed by atoms with E-state index in [4.69, 9.17) is 4.74 Å². The van der Waals surface area contributed by atoms with Crippen molar-refractivity contribution >= 4 is 0 Å². The van der Waals surface area contributed by atoms with Gasteiger partial charge in [-0.05, 0) is 13.3 Å². The summed E-state index contributed by atoms with van der Waals surface area (Å²) in [4.78, 5) is 0. The lowest BCUT2D eigenvalue weighted by Gasteiger charge is -2.02. The van der Waals surface area contributed by atoms with E-state index in [-0.39, 0.29) is 0 Å². The minimum Gasteiger partial charge on any atom is -0.381 e. The van der Waals surface area contributed by atoms with Gasteiger partial charge in [0, 0.05) is 19.6 Å². The zero-order chi connectivity index (χ0) is 7.82. The van der Waals surface area contributed by atoms with Crippen molar-refractivity contribution in [2.45, 2.75) is 39.3 Å². The fourth-order valence-corrected chi connectivity index (χ4v) is 0.594. The number of halogens is 1. The number of alkyl halides is 1. The van der Waals surface area contributed by atoms with Gasteiger partial charge in [-0.2, -0.15) is 0 Å². The number of hydrogen-bond donors (Lipinski definition) is 0. The maximum absolute atomic E-state index is 12.1. The van der Waals surface area contributed by atoms with Gasteiger partial charge in [0.25, 0.3) is 0 Å². The average molecular weight is 148 g/mol. The third kappa shape index (κ3) is 7.89. The summed E-state index contributed by atoms with van der Waals surface area (Å²) in [6.45, 7) is 5.02. The first-order valence-corrected chi connectivity index (χ1v) is 3.99. The molecule has 0 aromatic carbocycles. The van der Waals surface area contributed by atoms with Gasteiger partial charge >= 0.3 is 0 Å². The van der Waals surface area contributed by atoms with Crippen molar-refractivity contribution in [1.29, 1.82) is 0 Å². The third-order valence-electron chi connectivity index (χ3n) is 1.30. The van der Waals surface area contributed by atoms with Gasteiger partial charge in [0.05, 0.1) is 6.17 Å². The molecule has 0 N–H and O–H groups in total. The van der Waals surface area contributed by atoms with E-state index in [1.807, 2.05) is 0 Å². The zero-order valence-electron chi connectivity index (χ0n) is 6.90. The average Bonchev–Trinajstić information content (AvgIpc) is 1.87. The van der Waals surface area contributed by atoms with Crippen molar-refractivity contribution in [2.24, 2.45) is 0 Å². The van der Waals surface area contributed by atoms with Gasteiger partial charge < -0.3 is 4.74 Å². The van der Waals surface area contributed by atoms with Crippen LogP contribution in [0.5, 0.6) is 0 Å². The van der Waals surface area contributed by atoms with Crippen molar-refractivity contribution in [1.82, 2.24) is 0 Å². The highest BCUT2D eigenvalue weighted by atomic mass is 19.1. The van der Waals surface area contributed by atoms with E-state index in [1.165, 1.54) is 0 Å². The molecule has 62 valence electrons. The first kappa shape index (κ1) is 9.89. The molecule has 1 nitrogen and oxygen atoms in total. The molecule has 0 amide bonds. The van der Waals surface area contributed by atoms with Crippen LogP contribution in [-0.2, 0) is 4.74 Å². The van der Waals surface area contributed by atoms with Crippen LogP contribution in [0.1, 0.15) is 33.1 Å². The highest BCUT2D eigenvalue weighted by Crippen LogP contribution is 1.96. The van der Waals surface area contributed by atoms with E-state index >= 15 is 0 Å². The fraction of sp³-hybridized carbons (Fsp3) is 1.00. The monoisotopic (exact) mass is 148 g/mol. The summed E-state index contributed by atoms with van der Waals surface area (Å²) in [7, 11) is 0. The Hall–Kier alpha value is -0.110. The Labute approximate surface area is 62.6 Å². The van der Waals surface area contributed by atoms with Gasteiger partial charge in [-0.25, -0.2) is 4.39 Å². The molecule has 0 saturated carbocycles. The third-order valence-corrected chi connectivity index (χ3v) is 1.30. The van der Waals surface area contributed by atoms with Gasteiger partial charge in [-0.3, -0.25) is 0 Å². The molecule has 0 aliphatic heterocycles. The molecule has 10 heavy (non-hydrogen) atoms. The predicted molar refractivity (Wildman–Crippen MR) is 40.9 cm³/mol. The van der Waals surface area contributed by atoms with Crippen LogP contribution in [-0.4, -0.2) is 19.4 Å². The van der Waals surface area contributed by atoms with Crippen LogP contribution < -0.4 is 0 Å². The summed E-state index contributed by atoms with van der Waals surface area (Å²) in [6.07, 6.45) is 2.04. The predicted octanol–water partition coefficient (Wildman–Crippen LogP) is 2.55. The largest absolute Gasteiger partial charge is 0.381 e. The first-order chi connectivity index (χ1) is 4.77. The number of hydrogen-bond acceptors (Lipinski definition) is 1. The first-order valence-electron chi connectivity index (χ1n) is 3.99. The van der Waals surface area contributed by atoms with E-state index in [2.05, 4.69) is 6.92 Å². The Morgan fingerprint density at radius 3 is 2.60 bits per heavy atom. The number of ether oxygens (including phenoxy) is 1. The van der Waals surface area contributed by atoms with E-state index in [1.54, 1.807) is 6.92 Å². The smallest absolute Gasteiger partial charge is 0.0995 e. The molecule has 0 radical (unpaired) electrons. The van der Waals surface area contributed by atoms with Crippen LogP contribution in [0.3, 0.4) is 0 Å². The van der Waals surface area contributed by atoms with Gasteiger partial charge in [0.1, 0.15) is 0 Å². The van der Waals surface area contributed by atoms with Crippen LogP contribution in [0.25, 0.3) is 0 Å². The second-order valence-corrected chi connectivity index (χ2v) is 2.54. The molecule has 0 spiro atoms. The molecule has 1 atom stereocenters. The molecule has 0 aliphatic carbocycles. The van der Waals surface area contributed by atoms with Crippen LogP contribution in [0.15, 0.2) is 0 Å². The molecule has 0 heterocycles. The molecular formula is C8H17FO. The van der Waals surface area contributed by atoms with Crippen molar-refractivity contribution < 1.29 is 9.13 Å². The minimum atomic E-state index is -0.721. The van der Waals surface area contributed by atoms with Gasteiger partial charge in [0.15, 0.2) is 0 Å². The summed E-state index contributed by atoms with van der Waals surface area (Å²) in [6, 6.07) is 0. The standard InChI is InChI=1S/C8H17FO/c1-3-4-6-10-7-5-8(2)9/h8H,3-7H2,1-2H3. The summed E-state index contributed by atoms with van der Waals surface area (Å²) in [5, 5.41) is 0. The van der Waals surface area contributed by atoms with Crippen LogP contribution in [0.4, 0.5) is 4.39 Å². The summed E-state index contributed by atoms with van der Waals surface area (Å²) >= 11 is 0. The second-order valence-electron chi connectivity index (χ2n) is 2.54. The normalized spacial score (nSPS) is 13.5. The lowest BCUT2D eigenvalue weighted by molar-refractivity contribution is 0.112. The maximum Gasteiger partial charge on any atom is 0.0995 e.